The molecule has 10 heteroatoms. The number of nitro groups is 1. The second-order valence-electron chi connectivity index (χ2n) is 3.95. The SMILES string of the molecule is O=C(c1ccc([N+](=O)[O-])cc1F)N(CCCl)CC(F)(F)F. The largest absolute Gasteiger partial charge is 0.406 e. The fourth-order valence-corrected chi connectivity index (χ4v) is 1.74. The smallest absolute Gasteiger partial charge is 0.328 e. The highest BCUT2D eigenvalue weighted by Gasteiger charge is 2.34. The van der Waals surface area contributed by atoms with Crippen LogP contribution in [0.4, 0.5) is 23.2 Å². The molecule has 0 N–H and O–H groups in total. The van der Waals surface area contributed by atoms with Crippen LogP contribution >= 0.6 is 11.6 Å². The van der Waals surface area contributed by atoms with Crippen LogP contribution in [0.25, 0.3) is 0 Å². The summed E-state index contributed by atoms with van der Waals surface area (Å²) >= 11 is 5.32. The number of carbonyl (C=O) groups excluding carboxylic acids is 1. The van der Waals surface area contributed by atoms with Crippen LogP contribution in [0.3, 0.4) is 0 Å². The van der Waals surface area contributed by atoms with Crippen molar-refractivity contribution in [3.05, 3.63) is 39.7 Å². The summed E-state index contributed by atoms with van der Waals surface area (Å²) in [6.07, 6.45) is -4.67. The van der Waals surface area contributed by atoms with Crippen LogP contribution in [0.15, 0.2) is 18.2 Å². The third kappa shape index (κ3) is 4.85. The van der Waals surface area contributed by atoms with Gasteiger partial charge in [-0.2, -0.15) is 13.2 Å². The lowest BCUT2D eigenvalue weighted by Gasteiger charge is -2.23. The third-order valence-electron chi connectivity index (χ3n) is 2.41. The first kappa shape index (κ1) is 17.2. The Hall–Kier alpha value is -1.90. The van der Waals surface area contributed by atoms with Crippen molar-refractivity contribution >= 4 is 23.2 Å². The number of benzene rings is 1. The molecule has 0 spiro atoms. The van der Waals surface area contributed by atoms with Gasteiger partial charge in [-0.3, -0.25) is 14.9 Å². The van der Waals surface area contributed by atoms with Gasteiger partial charge in [-0.15, -0.1) is 11.6 Å². The summed E-state index contributed by atoms with van der Waals surface area (Å²) < 4.78 is 50.7. The van der Waals surface area contributed by atoms with Gasteiger partial charge < -0.3 is 4.90 Å². The van der Waals surface area contributed by atoms with Gasteiger partial charge in [0.2, 0.25) is 0 Å². The molecule has 1 aromatic rings. The zero-order valence-electron chi connectivity index (χ0n) is 10.4. The van der Waals surface area contributed by atoms with Gasteiger partial charge in [0.15, 0.2) is 0 Å². The quantitative estimate of drug-likeness (QED) is 0.361. The van der Waals surface area contributed by atoms with Crippen molar-refractivity contribution in [2.75, 3.05) is 19.0 Å². The number of nitrogens with zero attached hydrogens (tertiary/aromatic N) is 2. The molecule has 0 saturated carbocycles. The van der Waals surface area contributed by atoms with Gasteiger partial charge in [0.1, 0.15) is 12.4 Å². The molecule has 0 aliphatic heterocycles. The summed E-state index contributed by atoms with van der Waals surface area (Å²) in [6, 6.07) is 2.08. The number of alkyl halides is 4. The summed E-state index contributed by atoms with van der Waals surface area (Å²) in [5.41, 5.74) is -1.29. The molecular weight excluding hydrogens is 320 g/mol. The molecule has 1 aromatic carbocycles. The molecule has 0 atom stereocenters. The van der Waals surface area contributed by atoms with Crippen molar-refractivity contribution in [3.8, 4) is 0 Å². The Morgan fingerprint density at radius 3 is 2.43 bits per heavy atom. The van der Waals surface area contributed by atoms with E-state index in [9.17, 15) is 32.5 Å². The Morgan fingerprint density at radius 1 is 1.38 bits per heavy atom. The van der Waals surface area contributed by atoms with Gasteiger partial charge in [0.05, 0.1) is 16.6 Å². The van der Waals surface area contributed by atoms with E-state index in [1.165, 1.54) is 0 Å². The van der Waals surface area contributed by atoms with E-state index in [0.29, 0.717) is 11.0 Å². The summed E-state index contributed by atoms with van der Waals surface area (Å²) in [4.78, 5) is 21.8. The molecule has 0 fully saturated rings. The minimum Gasteiger partial charge on any atom is -0.328 e. The fraction of sp³-hybridized carbons (Fsp3) is 0.364. The van der Waals surface area contributed by atoms with E-state index in [-0.39, 0.29) is 5.88 Å². The molecule has 5 nitrogen and oxygen atoms in total. The Balaban J connectivity index is 3.06. The van der Waals surface area contributed by atoms with Crippen molar-refractivity contribution in [2.24, 2.45) is 0 Å². The van der Waals surface area contributed by atoms with Gasteiger partial charge in [0.25, 0.3) is 11.6 Å². The van der Waals surface area contributed by atoms with Crippen LogP contribution in [0, 0.1) is 15.9 Å². The molecule has 0 aliphatic carbocycles. The van der Waals surface area contributed by atoms with E-state index in [1.54, 1.807) is 0 Å². The van der Waals surface area contributed by atoms with E-state index in [2.05, 4.69) is 0 Å². The maximum Gasteiger partial charge on any atom is 0.406 e. The van der Waals surface area contributed by atoms with Crippen LogP contribution in [0.1, 0.15) is 10.4 Å². The number of hydrogen-bond donors (Lipinski definition) is 0. The zero-order valence-corrected chi connectivity index (χ0v) is 11.1. The van der Waals surface area contributed by atoms with E-state index >= 15 is 0 Å². The zero-order chi connectivity index (χ0) is 16.2. The van der Waals surface area contributed by atoms with Crippen LogP contribution in [0.5, 0.6) is 0 Å². The minimum absolute atomic E-state index is 0.267. The Morgan fingerprint density at radius 2 is 2.00 bits per heavy atom. The van der Waals surface area contributed by atoms with E-state index in [0.717, 1.165) is 12.1 Å². The van der Waals surface area contributed by atoms with Gasteiger partial charge in [0, 0.05) is 18.5 Å². The minimum atomic E-state index is -4.67. The maximum absolute atomic E-state index is 13.6. The third-order valence-corrected chi connectivity index (χ3v) is 2.57. The number of rotatable bonds is 5. The maximum atomic E-state index is 13.6. The van der Waals surface area contributed by atoms with Gasteiger partial charge in [-0.1, -0.05) is 0 Å². The van der Waals surface area contributed by atoms with Gasteiger partial charge in [-0.25, -0.2) is 4.39 Å². The van der Waals surface area contributed by atoms with Crippen LogP contribution in [0.2, 0.25) is 0 Å². The lowest BCUT2D eigenvalue weighted by atomic mass is 10.1. The number of hydrogen-bond acceptors (Lipinski definition) is 3. The van der Waals surface area contributed by atoms with Crippen molar-refractivity contribution in [3.63, 3.8) is 0 Å². The van der Waals surface area contributed by atoms with Crippen LogP contribution in [-0.4, -0.2) is 40.9 Å². The standard InChI is InChI=1S/C11H9ClF4N2O3/c12-3-4-17(6-11(14,15)16)10(19)8-2-1-7(18(20)21)5-9(8)13/h1-2,5H,3-4,6H2. The Bertz CT molecular complexity index is 551. The predicted molar refractivity (Wildman–Crippen MR) is 65.7 cm³/mol. The summed E-state index contributed by atoms with van der Waals surface area (Å²) in [5.74, 6) is -2.77. The van der Waals surface area contributed by atoms with Gasteiger partial charge >= 0.3 is 6.18 Å². The molecule has 0 saturated heterocycles. The lowest BCUT2D eigenvalue weighted by Crippen LogP contribution is -2.40. The van der Waals surface area contributed by atoms with Crippen LogP contribution < -0.4 is 0 Å². The van der Waals surface area contributed by atoms with Crippen molar-refractivity contribution in [2.45, 2.75) is 6.18 Å². The van der Waals surface area contributed by atoms with Crippen molar-refractivity contribution < 1.29 is 27.3 Å². The highest BCUT2D eigenvalue weighted by molar-refractivity contribution is 6.18. The highest BCUT2D eigenvalue weighted by atomic mass is 35.5. The molecule has 0 aliphatic rings. The van der Waals surface area contributed by atoms with E-state index in [4.69, 9.17) is 11.6 Å². The molecule has 0 unspecified atom stereocenters. The van der Waals surface area contributed by atoms with Gasteiger partial charge in [-0.05, 0) is 6.07 Å². The average molecular weight is 329 g/mol. The molecule has 0 bridgehead atoms. The second kappa shape index (κ2) is 6.70. The molecule has 116 valence electrons. The molecule has 0 heterocycles. The molecule has 1 rings (SSSR count). The second-order valence-corrected chi connectivity index (χ2v) is 4.33. The fourth-order valence-electron chi connectivity index (χ4n) is 1.53. The topological polar surface area (TPSA) is 63.4 Å². The predicted octanol–water partition coefficient (Wildman–Crippen LogP) is 2.98. The first-order chi connectivity index (χ1) is 9.65. The first-order valence-corrected chi connectivity index (χ1v) is 6.05. The number of amides is 1. The van der Waals surface area contributed by atoms with E-state index < -0.39 is 47.2 Å². The molecule has 21 heavy (non-hydrogen) atoms. The summed E-state index contributed by atoms with van der Waals surface area (Å²) in [7, 11) is 0. The van der Waals surface area contributed by atoms with Crippen molar-refractivity contribution in [1.82, 2.24) is 4.90 Å². The van der Waals surface area contributed by atoms with E-state index in [1.807, 2.05) is 0 Å². The summed E-state index contributed by atoms with van der Waals surface area (Å²) in [6.45, 7) is -2.02. The average Bonchev–Trinajstić information content (AvgIpc) is 2.35. The van der Waals surface area contributed by atoms with Crippen molar-refractivity contribution in [1.29, 1.82) is 0 Å². The number of nitro benzene ring substituents is 1. The molecule has 0 radical (unpaired) electrons. The monoisotopic (exact) mass is 328 g/mol. The number of carbonyl (C=O) groups is 1. The Labute approximate surface area is 121 Å². The molecule has 1 amide bonds. The number of non-ortho nitro benzene ring substituents is 1. The van der Waals surface area contributed by atoms with Crippen LogP contribution in [-0.2, 0) is 0 Å². The Kier molecular flexibility index (Phi) is 5.47. The molecule has 0 aromatic heterocycles. The number of halogens is 5. The summed E-state index contributed by atoms with van der Waals surface area (Å²) in [5, 5.41) is 10.4. The molecular formula is C11H9ClF4N2O3. The lowest BCUT2D eigenvalue weighted by molar-refractivity contribution is -0.385. The highest BCUT2D eigenvalue weighted by Crippen LogP contribution is 2.21. The first-order valence-electron chi connectivity index (χ1n) is 5.51. The normalized spacial score (nSPS) is 11.3.